The zero-order chi connectivity index (χ0) is 19.8. The number of ether oxygens (including phenoxy) is 1. The molecule has 1 aliphatic rings. The first-order valence-electron chi connectivity index (χ1n) is 9.34. The molecule has 2 heterocycles. The Hall–Kier alpha value is -2.06. The zero-order valence-corrected chi connectivity index (χ0v) is 16.9. The molecule has 0 radical (unpaired) electrons. The van der Waals surface area contributed by atoms with E-state index in [4.69, 9.17) is 9.31 Å². The lowest BCUT2D eigenvalue weighted by atomic mass is 9.79. The Morgan fingerprint density at radius 1 is 1.30 bits per heavy atom. The van der Waals surface area contributed by atoms with Crippen molar-refractivity contribution in [3.63, 3.8) is 0 Å². The minimum absolute atomic E-state index is 0.0804. The molecule has 1 fully saturated rings. The number of amides is 1. The van der Waals surface area contributed by atoms with Crippen molar-refractivity contribution in [3.8, 4) is 0 Å². The van der Waals surface area contributed by atoms with Crippen LogP contribution in [0.4, 0.5) is 4.79 Å². The third-order valence-electron chi connectivity index (χ3n) is 5.61. The molecule has 0 aliphatic carbocycles. The molecule has 1 saturated heterocycles. The van der Waals surface area contributed by atoms with E-state index in [1.165, 1.54) is 7.11 Å². The van der Waals surface area contributed by atoms with Crippen LogP contribution in [0.25, 0.3) is 11.0 Å². The van der Waals surface area contributed by atoms with Gasteiger partial charge in [-0.3, -0.25) is 0 Å². The van der Waals surface area contributed by atoms with Gasteiger partial charge in [0.05, 0.1) is 29.3 Å². The Kier molecular flexibility index (Phi) is 5.23. The molecule has 0 bridgehead atoms. The fourth-order valence-electron chi connectivity index (χ4n) is 3.08. The molecule has 1 amide bonds. The van der Waals surface area contributed by atoms with Crippen LogP contribution in [0.15, 0.2) is 18.2 Å². The molecule has 8 heteroatoms. The van der Waals surface area contributed by atoms with Crippen molar-refractivity contribution in [2.24, 2.45) is 0 Å². The van der Waals surface area contributed by atoms with Gasteiger partial charge in [-0.2, -0.15) is 0 Å². The van der Waals surface area contributed by atoms with Crippen LogP contribution in [-0.2, 0) is 14.0 Å². The van der Waals surface area contributed by atoms with Crippen LogP contribution in [0.2, 0.25) is 0 Å². The van der Waals surface area contributed by atoms with Gasteiger partial charge in [-0.05, 0) is 51.7 Å². The van der Waals surface area contributed by atoms with E-state index in [1.807, 2.05) is 45.9 Å². The third-order valence-corrected chi connectivity index (χ3v) is 5.61. The molecule has 2 aromatic rings. The SMILES string of the molecule is CCC(CNC(=O)OC)c1nc2ccc(B3OC(C)(C)C(C)(C)O3)cc2[nH]1. The molecular weight excluding hydrogens is 345 g/mol. The molecule has 2 N–H and O–H groups in total. The van der Waals surface area contributed by atoms with E-state index in [0.717, 1.165) is 28.7 Å². The maximum Gasteiger partial charge on any atom is 0.494 e. The molecule has 7 nitrogen and oxygen atoms in total. The summed E-state index contributed by atoms with van der Waals surface area (Å²) in [6, 6.07) is 5.98. The lowest BCUT2D eigenvalue weighted by Gasteiger charge is -2.32. The lowest BCUT2D eigenvalue weighted by Crippen LogP contribution is -2.41. The van der Waals surface area contributed by atoms with Gasteiger partial charge < -0.3 is 24.3 Å². The first kappa shape index (κ1) is 19.7. The Bertz CT molecular complexity index is 817. The second-order valence-corrected chi connectivity index (χ2v) is 7.96. The topological polar surface area (TPSA) is 85.5 Å². The lowest BCUT2D eigenvalue weighted by molar-refractivity contribution is 0.00578. The molecule has 3 rings (SSSR count). The summed E-state index contributed by atoms with van der Waals surface area (Å²) >= 11 is 0. The Morgan fingerprint density at radius 3 is 2.56 bits per heavy atom. The summed E-state index contributed by atoms with van der Waals surface area (Å²) in [7, 11) is 0.948. The largest absolute Gasteiger partial charge is 0.494 e. The zero-order valence-electron chi connectivity index (χ0n) is 16.9. The Labute approximate surface area is 160 Å². The predicted molar refractivity (Wildman–Crippen MR) is 105 cm³/mol. The van der Waals surface area contributed by atoms with Gasteiger partial charge in [-0.15, -0.1) is 0 Å². The number of imidazole rings is 1. The van der Waals surface area contributed by atoms with Crippen LogP contribution >= 0.6 is 0 Å². The molecule has 146 valence electrons. The summed E-state index contributed by atoms with van der Waals surface area (Å²) in [4.78, 5) is 19.4. The van der Waals surface area contributed by atoms with Crippen molar-refractivity contribution < 1.29 is 18.8 Å². The van der Waals surface area contributed by atoms with E-state index >= 15 is 0 Å². The number of nitrogens with zero attached hydrogens (tertiary/aromatic N) is 1. The van der Waals surface area contributed by atoms with Crippen LogP contribution in [0.5, 0.6) is 0 Å². The number of rotatable bonds is 5. The van der Waals surface area contributed by atoms with Crippen molar-refractivity contribution in [3.05, 3.63) is 24.0 Å². The predicted octanol–water partition coefficient (Wildman–Crippen LogP) is 2.71. The van der Waals surface area contributed by atoms with Crippen LogP contribution < -0.4 is 10.8 Å². The smallest absolute Gasteiger partial charge is 0.453 e. The number of alkyl carbamates (subject to hydrolysis) is 1. The van der Waals surface area contributed by atoms with Crippen LogP contribution in [0.3, 0.4) is 0 Å². The third kappa shape index (κ3) is 3.82. The molecular formula is C19H28BN3O4. The van der Waals surface area contributed by atoms with E-state index in [2.05, 4.69) is 26.9 Å². The highest BCUT2D eigenvalue weighted by Gasteiger charge is 2.51. The second-order valence-electron chi connectivity index (χ2n) is 7.96. The molecule has 1 atom stereocenters. The maximum absolute atomic E-state index is 11.3. The average Bonchev–Trinajstić information content (AvgIpc) is 3.12. The molecule has 27 heavy (non-hydrogen) atoms. The molecule has 0 saturated carbocycles. The number of carbonyl (C=O) groups excluding carboxylic acids is 1. The number of nitrogens with one attached hydrogen (secondary N) is 2. The van der Waals surface area contributed by atoms with Gasteiger partial charge in [-0.25, -0.2) is 9.78 Å². The van der Waals surface area contributed by atoms with Gasteiger partial charge in [0, 0.05) is 12.5 Å². The fraction of sp³-hybridized carbons (Fsp3) is 0.579. The first-order valence-corrected chi connectivity index (χ1v) is 9.34. The summed E-state index contributed by atoms with van der Waals surface area (Å²) in [6.45, 7) is 10.7. The molecule has 1 unspecified atom stereocenters. The van der Waals surface area contributed by atoms with E-state index < -0.39 is 13.2 Å². The van der Waals surface area contributed by atoms with Crippen LogP contribution in [-0.4, -0.2) is 48.0 Å². The highest BCUT2D eigenvalue weighted by atomic mass is 16.7. The number of hydrogen-bond acceptors (Lipinski definition) is 5. The summed E-state index contributed by atoms with van der Waals surface area (Å²) in [5.74, 6) is 0.923. The number of methoxy groups -OCH3 is 1. The van der Waals surface area contributed by atoms with Crippen LogP contribution in [0, 0.1) is 0 Å². The minimum Gasteiger partial charge on any atom is -0.453 e. The van der Waals surface area contributed by atoms with Crippen molar-refractivity contribution in [1.82, 2.24) is 15.3 Å². The van der Waals surface area contributed by atoms with E-state index in [9.17, 15) is 4.79 Å². The number of carbonyl (C=O) groups is 1. The van der Waals surface area contributed by atoms with E-state index in [1.54, 1.807) is 0 Å². The van der Waals surface area contributed by atoms with Gasteiger partial charge in [0.2, 0.25) is 0 Å². The van der Waals surface area contributed by atoms with Gasteiger partial charge in [0.1, 0.15) is 5.82 Å². The molecule has 1 aromatic carbocycles. The standard InChI is InChI=1S/C19H28BN3O4/c1-7-12(11-21-17(24)25-6)16-22-14-9-8-13(10-15(14)23-16)20-26-18(2,3)19(4,5)27-20/h8-10,12H,7,11H2,1-6H3,(H,21,24)(H,22,23). The molecule has 1 aromatic heterocycles. The highest BCUT2D eigenvalue weighted by molar-refractivity contribution is 6.62. The number of hydrogen-bond donors (Lipinski definition) is 2. The van der Waals surface area contributed by atoms with E-state index in [-0.39, 0.29) is 17.1 Å². The van der Waals surface area contributed by atoms with Gasteiger partial charge in [0.15, 0.2) is 0 Å². The summed E-state index contributed by atoms with van der Waals surface area (Å²) in [5, 5.41) is 2.74. The van der Waals surface area contributed by atoms with Crippen molar-refractivity contribution in [1.29, 1.82) is 0 Å². The quantitative estimate of drug-likeness (QED) is 0.788. The highest BCUT2D eigenvalue weighted by Crippen LogP contribution is 2.36. The number of aromatic amines is 1. The number of fused-ring (bicyclic) bond motifs is 1. The molecule has 0 spiro atoms. The second kappa shape index (κ2) is 7.17. The average molecular weight is 373 g/mol. The Balaban J connectivity index is 1.82. The number of aromatic nitrogens is 2. The van der Waals surface area contributed by atoms with Gasteiger partial charge in [-0.1, -0.05) is 13.0 Å². The van der Waals surface area contributed by atoms with Gasteiger partial charge in [0.25, 0.3) is 0 Å². The van der Waals surface area contributed by atoms with Crippen LogP contribution in [0.1, 0.15) is 52.8 Å². The molecule has 1 aliphatic heterocycles. The van der Waals surface area contributed by atoms with Crippen molar-refractivity contribution in [2.45, 2.75) is 58.2 Å². The minimum atomic E-state index is -0.437. The van der Waals surface area contributed by atoms with Crippen molar-refractivity contribution >= 4 is 29.7 Å². The fourth-order valence-corrected chi connectivity index (χ4v) is 3.08. The first-order chi connectivity index (χ1) is 12.7. The normalized spacial score (nSPS) is 19.3. The summed E-state index contributed by atoms with van der Waals surface area (Å²) < 4.78 is 16.9. The number of H-pyrrole nitrogens is 1. The Morgan fingerprint density at radius 2 is 1.96 bits per heavy atom. The monoisotopic (exact) mass is 373 g/mol. The van der Waals surface area contributed by atoms with Gasteiger partial charge >= 0.3 is 13.2 Å². The maximum atomic E-state index is 11.3. The number of benzene rings is 1. The summed E-state index contributed by atoms with van der Waals surface area (Å²) in [5.41, 5.74) is 2.00. The summed E-state index contributed by atoms with van der Waals surface area (Å²) in [6.07, 6.45) is 0.404. The van der Waals surface area contributed by atoms with E-state index in [0.29, 0.717) is 6.54 Å². The van der Waals surface area contributed by atoms with Crippen molar-refractivity contribution in [2.75, 3.05) is 13.7 Å².